The molecule has 1 unspecified atom stereocenters. The lowest BCUT2D eigenvalue weighted by molar-refractivity contribution is -0.143. The van der Waals surface area contributed by atoms with Gasteiger partial charge >= 0.3 is 5.97 Å². The van der Waals surface area contributed by atoms with Gasteiger partial charge in [0.1, 0.15) is 0 Å². The van der Waals surface area contributed by atoms with Crippen LogP contribution in [0.25, 0.3) is 11.1 Å². The summed E-state index contributed by atoms with van der Waals surface area (Å²) in [6.07, 6.45) is -0.676. The SMILES string of the molecule is CC(=O)c1cccc(NC(=O)CC(CC(=O)c2ccc(-c3ccc(Cl)cc3)cc2)C(=O)O)c1. The number of amides is 1. The van der Waals surface area contributed by atoms with Gasteiger partial charge in [0.2, 0.25) is 5.91 Å². The molecule has 0 aromatic heterocycles. The summed E-state index contributed by atoms with van der Waals surface area (Å²) in [5, 5.41) is 12.7. The maximum absolute atomic E-state index is 12.7. The van der Waals surface area contributed by atoms with E-state index in [-0.39, 0.29) is 24.4 Å². The van der Waals surface area contributed by atoms with Crippen LogP contribution in [0.15, 0.2) is 72.8 Å². The van der Waals surface area contributed by atoms with Gasteiger partial charge in [-0.25, -0.2) is 0 Å². The highest BCUT2D eigenvalue weighted by molar-refractivity contribution is 6.30. The van der Waals surface area contributed by atoms with Gasteiger partial charge in [-0.2, -0.15) is 0 Å². The van der Waals surface area contributed by atoms with E-state index in [0.717, 1.165) is 11.1 Å². The van der Waals surface area contributed by atoms with Crippen molar-refractivity contribution in [1.82, 2.24) is 0 Å². The number of carboxylic acid groups (broad SMARTS) is 1. The molecule has 3 aromatic rings. The average molecular weight is 464 g/mol. The molecule has 6 nitrogen and oxygen atoms in total. The van der Waals surface area contributed by atoms with Crippen LogP contribution in [0.5, 0.6) is 0 Å². The maximum Gasteiger partial charge on any atom is 0.307 e. The summed E-state index contributed by atoms with van der Waals surface area (Å²) >= 11 is 5.91. The zero-order valence-corrected chi connectivity index (χ0v) is 18.6. The molecular formula is C26H22ClNO5. The highest BCUT2D eigenvalue weighted by Crippen LogP contribution is 2.23. The van der Waals surface area contributed by atoms with Crippen molar-refractivity contribution in [2.24, 2.45) is 5.92 Å². The Morgan fingerprint density at radius 3 is 2.03 bits per heavy atom. The van der Waals surface area contributed by atoms with Crippen LogP contribution >= 0.6 is 11.6 Å². The Bertz CT molecular complexity index is 1190. The molecule has 0 saturated heterocycles. The number of halogens is 1. The van der Waals surface area contributed by atoms with E-state index < -0.39 is 17.8 Å². The molecule has 0 radical (unpaired) electrons. The second kappa shape index (κ2) is 10.7. The zero-order chi connectivity index (χ0) is 24.0. The summed E-state index contributed by atoms with van der Waals surface area (Å²) in [6, 6.07) is 20.5. The number of anilines is 1. The van der Waals surface area contributed by atoms with E-state index in [1.165, 1.54) is 13.0 Å². The summed E-state index contributed by atoms with van der Waals surface area (Å²) in [4.78, 5) is 48.2. The van der Waals surface area contributed by atoms with E-state index in [1.54, 1.807) is 54.6 Å². The number of hydrogen-bond donors (Lipinski definition) is 2. The minimum atomic E-state index is -1.23. The smallest absolute Gasteiger partial charge is 0.307 e. The van der Waals surface area contributed by atoms with Crippen LogP contribution in [0.1, 0.15) is 40.5 Å². The fourth-order valence-corrected chi connectivity index (χ4v) is 3.46. The molecule has 1 atom stereocenters. The van der Waals surface area contributed by atoms with Gasteiger partial charge in [-0.1, -0.05) is 60.1 Å². The van der Waals surface area contributed by atoms with E-state index in [9.17, 15) is 24.3 Å². The highest BCUT2D eigenvalue weighted by Gasteiger charge is 2.25. The molecule has 0 saturated carbocycles. The first kappa shape index (κ1) is 23.9. The monoisotopic (exact) mass is 463 g/mol. The minimum absolute atomic E-state index is 0.151. The van der Waals surface area contributed by atoms with Gasteiger partial charge in [-0.3, -0.25) is 19.2 Å². The Morgan fingerprint density at radius 2 is 1.45 bits per heavy atom. The summed E-state index contributed by atoms with van der Waals surface area (Å²) in [5.41, 5.74) is 3.02. The average Bonchev–Trinajstić information content (AvgIpc) is 2.79. The van der Waals surface area contributed by atoms with E-state index in [1.807, 2.05) is 12.1 Å². The molecule has 0 aliphatic carbocycles. The van der Waals surface area contributed by atoms with Crippen molar-refractivity contribution in [3.05, 3.63) is 88.9 Å². The quantitative estimate of drug-likeness (QED) is 0.407. The van der Waals surface area contributed by atoms with Crippen LogP contribution in [0, 0.1) is 5.92 Å². The normalized spacial score (nSPS) is 11.5. The highest BCUT2D eigenvalue weighted by atomic mass is 35.5. The lowest BCUT2D eigenvalue weighted by Crippen LogP contribution is -2.24. The molecule has 3 aromatic carbocycles. The van der Waals surface area contributed by atoms with Crippen LogP contribution in [0.4, 0.5) is 5.69 Å². The standard InChI is InChI=1S/C26H22ClNO5/c1-16(29)20-3-2-4-23(13-20)28-25(31)15-21(26(32)33)14-24(30)19-7-5-17(6-8-19)18-9-11-22(27)12-10-18/h2-13,21H,14-15H2,1H3,(H,28,31)(H,32,33). The lowest BCUT2D eigenvalue weighted by Gasteiger charge is -2.13. The second-order valence-corrected chi connectivity index (χ2v) is 8.07. The third-order valence-corrected chi connectivity index (χ3v) is 5.40. The van der Waals surface area contributed by atoms with Crippen LogP contribution in [-0.4, -0.2) is 28.5 Å². The number of benzene rings is 3. The first-order chi connectivity index (χ1) is 15.7. The van der Waals surface area contributed by atoms with Crippen LogP contribution in [0.3, 0.4) is 0 Å². The molecule has 3 rings (SSSR count). The Balaban J connectivity index is 1.64. The Morgan fingerprint density at radius 1 is 0.848 bits per heavy atom. The molecule has 0 spiro atoms. The van der Waals surface area contributed by atoms with Crippen LogP contribution in [0.2, 0.25) is 5.02 Å². The second-order valence-electron chi connectivity index (χ2n) is 7.64. The van der Waals surface area contributed by atoms with E-state index >= 15 is 0 Å². The van der Waals surface area contributed by atoms with Crippen LogP contribution in [-0.2, 0) is 9.59 Å². The van der Waals surface area contributed by atoms with Crippen molar-refractivity contribution in [3.8, 4) is 11.1 Å². The first-order valence-corrected chi connectivity index (χ1v) is 10.6. The molecule has 0 bridgehead atoms. The molecule has 0 heterocycles. The van der Waals surface area contributed by atoms with Gasteiger partial charge in [-0.05, 0) is 42.3 Å². The number of Topliss-reactive ketones (excluding diaryl/α,β-unsaturated/α-hetero) is 2. The Hall–Kier alpha value is -3.77. The van der Waals surface area contributed by atoms with E-state index in [0.29, 0.717) is 21.8 Å². The van der Waals surface area contributed by atoms with Crippen molar-refractivity contribution in [1.29, 1.82) is 0 Å². The predicted octanol–water partition coefficient (Wildman–Crippen LogP) is 5.51. The van der Waals surface area contributed by atoms with Crippen molar-refractivity contribution in [2.45, 2.75) is 19.8 Å². The van der Waals surface area contributed by atoms with Gasteiger partial charge in [0.25, 0.3) is 0 Å². The molecule has 33 heavy (non-hydrogen) atoms. The fraction of sp³-hybridized carbons (Fsp3) is 0.154. The third-order valence-electron chi connectivity index (χ3n) is 5.15. The lowest BCUT2D eigenvalue weighted by atomic mass is 9.94. The summed E-state index contributed by atoms with van der Waals surface area (Å²) in [7, 11) is 0. The molecule has 2 N–H and O–H groups in total. The number of carbonyl (C=O) groups excluding carboxylic acids is 3. The fourth-order valence-electron chi connectivity index (χ4n) is 3.33. The van der Waals surface area contributed by atoms with Crippen molar-refractivity contribution >= 4 is 40.7 Å². The van der Waals surface area contributed by atoms with Crippen molar-refractivity contribution < 1.29 is 24.3 Å². The molecular weight excluding hydrogens is 442 g/mol. The van der Waals surface area contributed by atoms with Gasteiger partial charge < -0.3 is 10.4 Å². The van der Waals surface area contributed by atoms with Crippen molar-refractivity contribution in [3.63, 3.8) is 0 Å². The third kappa shape index (κ3) is 6.60. The first-order valence-electron chi connectivity index (χ1n) is 10.3. The number of nitrogens with one attached hydrogen (secondary N) is 1. The van der Waals surface area contributed by atoms with E-state index in [4.69, 9.17) is 11.6 Å². The summed E-state index contributed by atoms with van der Waals surface area (Å²) in [6.45, 7) is 1.41. The summed E-state index contributed by atoms with van der Waals surface area (Å²) < 4.78 is 0. The number of ketones is 2. The molecule has 168 valence electrons. The minimum Gasteiger partial charge on any atom is -0.481 e. The summed E-state index contributed by atoms with van der Waals surface area (Å²) in [5.74, 6) is -3.47. The zero-order valence-electron chi connectivity index (χ0n) is 17.9. The maximum atomic E-state index is 12.7. The number of rotatable bonds is 9. The number of hydrogen-bond acceptors (Lipinski definition) is 4. The Kier molecular flexibility index (Phi) is 7.74. The van der Waals surface area contributed by atoms with Gasteiger partial charge in [0, 0.05) is 34.7 Å². The molecule has 1 amide bonds. The van der Waals surface area contributed by atoms with Gasteiger partial charge in [-0.15, -0.1) is 0 Å². The number of aliphatic carboxylic acids is 1. The van der Waals surface area contributed by atoms with Gasteiger partial charge in [0.05, 0.1) is 5.92 Å². The number of carbonyl (C=O) groups is 4. The van der Waals surface area contributed by atoms with Crippen molar-refractivity contribution in [2.75, 3.05) is 5.32 Å². The topological polar surface area (TPSA) is 101 Å². The van der Waals surface area contributed by atoms with Crippen LogP contribution < -0.4 is 5.32 Å². The molecule has 0 aliphatic heterocycles. The molecule has 7 heteroatoms. The largest absolute Gasteiger partial charge is 0.481 e. The predicted molar refractivity (Wildman–Crippen MR) is 127 cm³/mol. The molecule has 0 aliphatic rings. The number of carboxylic acids is 1. The van der Waals surface area contributed by atoms with E-state index in [2.05, 4.69) is 5.32 Å². The molecule has 0 fully saturated rings. The Labute approximate surface area is 196 Å². The van der Waals surface area contributed by atoms with Gasteiger partial charge in [0.15, 0.2) is 11.6 Å².